The number of anilines is 2. The first-order chi connectivity index (χ1) is 15.7. The monoisotopic (exact) mass is 457 g/mol. The third-order valence-corrected chi connectivity index (χ3v) is 5.02. The Labute approximate surface area is 187 Å². The zero-order valence-corrected chi connectivity index (χ0v) is 17.6. The van der Waals surface area contributed by atoms with E-state index in [1.54, 1.807) is 24.3 Å². The van der Waals surface area contributed by atoms with E-state index in [2.05, 4.69) is 6.58 Å². The van der Waals surface area contributed by atoms with Crippen LogP contribution in [0.25, 0.3) is 0 Å². The van der Waals surface area contributed by atoms with Crippen molar-refractivity contribution in [1.82, 2.24) is 4.57 Å². The van der Waals surface area contributed by atoms with Gasteiger partial charge in [0, 0.05) is 24.6 Å². The van der Waals surface area contributed by atoms with Crippen LogP contribution >= 0.6 is 0 Å². The summed E-state index contributed by atoms with van der Waals surface area (Å²) < 4.78 is 46.9. The smallest absolute Gasteiger partial charge is 0.261 e. The molecule has 33 heavy (non-hydrogen) atoms. The van der Waals surface area contributed by atoms with E-state index in [4.69, 9.17) is 16.2 Å². The van der Waals surface area contributed by atoms with E-state index < -0.39 is 34.7 Å². The molecule has 2 aromatic carbocycles. The van der Waals surface area contributed by atoms with Crippen LogP contribution in [0.15, 0.2) is 66.1 Å². The number of hydrogen-bond acceptors (Lipinski definition) is 5. The number of rotatable bonds is 9. The number of carbonyl (C=O) groups is 1. The minimum Gasteiger partial charge on any atom is -0.493 e. The van der Waals surface area contributed by atoms with Crippen molar-refractivity contribution in [1.29, 1.82) is 0 Å². The lowest BCUT2D eigenvalue weighted by molar-refractivity contribution is 0.0954. The molecule has 0 aliphatic carbocycles. The summed E-state index contributed by atoms with van der Waals surface area (Å²) in [4.78, 5) is 25.5. The van der Waals surface area contributed by atoms with Crippen LogP contribution in [0.4, 0.5) is 24.5 Å². The lowest BCUT2D eigenvalue weighted by atomic mass is 9.99. The zero-order valence-electron chi connectivity index (χ0n) is 17.6. The van der Waals surface area contributed by atoms with E-state index >= 15 is 0 Å². The molecular formula is C24H22F3N3O3. The molecule has 0 bridgehead atoms. The quantitative estimate of drug-likeness (QED) is 0.220. The highest BCUT2D eigenvalue weighted by molar-refractivity contribution is 5.95. The molecule has 0 saturated carbocycles. The third kappa shape index (κ3) is 5.62. The summed E-state index contributed by atoms with van der Waals surface area (Å²) in [7, 11) is 0. The minimum absolute atomic E-state index is 0.0400. The summed E-state index contributed by atoms with van der Waals surface area (Å²) in [6, 6.07) is 9.25. The molecule has 4 N–H and O–H groups in total. The van der Waals surface area contributed by atoms with Gasteiger partial charge in [-0.25, -0.2) is 13.2 Å². The average Bonchev–Trinajstić information content (AvgIpc) is 2.78. The molecule has 1 aromatic heterocycles. The molecular weight excluding hydrogens is 435 g/mol. The van der Waals surface area contributed by atoms with Crippen LogP contribution in [0.5, 0.6) is 5.75 Å². The molecule has 3 aromatic rings. The number of ether oxygens (including phenoxy) is 1. The standard InChI is InChI=1S/C24H22F3N3O3/c1-2-14(13-33-16-5-6-20(28)21(29)11-16)10-22(31)17-4-3-7-30(24(17)32)12-15-8-18(25)23(27)19(26)9-15/h2-9,11,14H,1,10,12-13,28-29H2/t14-/m0/s1. The summed E-state index contributed by atoms with van der Waals surface area (Å²) >= 11 is 0. The maximum Gasteiger partial charge on any atom is 0.261 e. The Bertz CT molecular complexity index is 1230. The summed E-state index contributed by atoms with van der Waals surface area (Å²) in [6.07, 6.45) is 2.87. The number of ketones is 1. The minimum atomic E-state index is -1.59. The molecule has 0 spiro atoms. The maximum atomic E-state index is 13.5. The van der Waals surface area contributed by atoms with Crippen molar-refractivity contribution >= 4 is 17.2 Å². The number of carbonyl (C=O) groups excluding carboxylic acids is 1. The van der Waals surface area contributed by atoms with Gasteiger partial charge in [0.15, 0.2) is 23.2 Å². The number of aromatic nitrogens is 1. The molecule has 0 amide bonds. The second-order valence-corrected chi connectivity index (χ2v) is 7.45. The predicted octanol–water partition coefficient (Wildman–Crippen LogP) is 3.93. The second-order valence-electron chi connectivity index (χ2n) is 7.45. The van der Waals surface area contributed by atoms with E-state index in [-0.39, 0.29) is 30.7 Å². The van der Waals surface area contributed by atoms with Crippen LogP contribution in [-0.2, 0) is 6.54 Å². The van der Waals surface area contributed by atoms with E-state index in [0.29, 0.717) is 17.1 Å². The molecule has 1 heterocycles. The van der Waals surface area contributed by atoms with E-state index in [1.165, 1.54) is 18.3 Å². The van der Waals surface area contributed by atoms with Gasteiger partial charge in [0.05, 0.1) is 30.1 Å². The number of nitrogen functional groups attached to an aromatic ring is 2. The van der Waals surface area contributed by atoms with Gasteiger partial charge in [0.2, 0.25) is 0 Å². The molecule has 9 heteroatoms. The topological polar surface area (TPSA) is 100 Å². The van der Waals surface area contributed by atoms with Crippen LogP contribution < -0.4 is 21.8 Å². The van der Waals surface area contributed by atoms with Crippen molar-refractivity contribution in [2.24, 2.45) is 5.92 Å². The number of hydrogen-bond donors (Lipinski definition) is 2. The van der Waals surface area contributed by atoms with Crippen molar-refractivity contribution in [3.05, 3.63) is 100 Å². The summed E-state index contributed by atoms with van der Waals surface area (Å²) in [5.74, 6) is -4.68. The van der Waals surface area contributed by atoms with Gasteiger partial charge in [0.1, 0.15) is 5.75 Å². The van der Waals surface area contributed by atoms with Crippen molar-refractivity contribution in [2.75, 3.05) is 18.1 Å². The fourth-order valence-electron chi connectivity index (χ4n) is 3.17. The van der Waals surface area contributed by atoms with Crippen molar-refractivity contribution in [2.45, 2.75) is 13.0 Å². The van der Waals surface area contributed by atoms with Gasteiger partial charge in [0.25, 0.3) is 5.56 Å². The first kappa shape index (κ1) is 23.6. The van der Waals surface area contributed by atoms with Gasteiger partial charge >= 0.3 is 0 Å². The number of benzene rings is 2. The molecule has 0 aliphatic heterocycles. The second kappa shape index (κ2) is 10.1. The average molecular weight is 457 g/mol. The number of halogens is 3. The Morgan fingerprint density at radius 1 is 1.09 bits per heavy atom. The molecule has 6 nitrogen and oxygen atoms in total. The van der Waals surface area contributed by atoms with Gasteiger partial charge in [-0.15, -0.1) is 6.58 Å². The molecule has 0 aliphatic rings. The Morgan fingerprint density at radius 3 is 2.42 bits per heavy atom. The Hall–Kier alpha value is -4.01. The summed E-state index contributed by atoms with van der Waals surface area (Å²) in [6.45, 7) is 3.59. The highest BCUT2D eigenvalue weighted by Crippen LogP contribution is 2.22. The Morgan fingerprint density at radius 2 is 1.79 bits per heavy atom. The van der Waals surface area contributed by atoms with Gasteiger partial charge in [-0.1, -0.05) is 6.08 Å². The lowest BCUT2D eigenvalue weighted by Crippen LogP contribution is -2.27. The molecule has 0 saturated heterocycles. The highest BCUT2D eigenvalue weighted by atomic mass is 19.2. The van der Waals surface area contributed by atoms with Crippen LogP contribution in [0.2, 0.25) is 0 Å². The molecule has 172 valence electrons. The SMILES string of the molecule is C=C[C@H](COc1ccc(N)c(N)c1)CC(=O)c1cccn(Cc2cc(F)c(F)c(F)c2)c1=O. The van der Waals surface area contributed by atoms with Crippen LogP contribution in [0.1, 0.15) is 22.3 Å². The first-order valence-corrected chi connectivity index (χ1v) is 9.96. The van der Waals surface area contributed by atoms with Crippen molar-refractivity contribution in [3.8, 4) is 5.75 Å². The van der Waals surface area contributed by atoms with E-state index in [1.807, 2.05) is 0 Å². The Kier molecular flexibility index (Phi) is 7.22. The highest BCUT2D eigenvalue weighted by Gasteiger charge is 2.18. The number of pyridine rings is 1. The summed E-state index contributed by atoms with van der Waals surface area (Å²) in [5.41, 5.74) is 11.5. The molecule has 0 radical (unpaired) electrons. The van der Waals surface area contributed by atoms with Crippen molar-refractivity contribution in [3.63, 3.8) is 0 Å². The van der Waals surface area contributed by atoms with Gasteiger partial charge < -0.3 is 20.8 Å². The molecule has 3 rings (SSSR count). The summed E-state index contributed by atoms with van der Waals surface area (Å²) in [5, 5.41) is 0. The third-order valence-electron chi connectivity index (χ3n) is 5.02. The fraction of sp³-hybridized carbons (Fsp3) is 0.167. The molecule has 0 fully saturated rings. The Balaban J connectivity index is 1.72. The van der Waals surface area contributed by atoms with Crippen molar-refractivity contribution < 1.29 is 22.7 Å². The molecule has 0 unspecified atom stereocenters. The van der Waals surface area contributed by atoms with Crippen LogP contribution in [-0.4, -0.2) is 17.0 Å². The number of nitrogens with zero attached hydrogens (tertiary/aromatic N) is 1. The lowest BCUT2D eigenvalue weighted by Gasteiger charge is -2.14. The van der Waals surface area contributed by atoms with E-state index in [0.717, 1.165) is 16.7 Å². The normalized spacial score (nSPS) is 11.7. The van der Waals surface area contributed by atoms with Crippen LogP contribution in [0, 0.1) is 23.4 Å². The molecule has 1 atom stereocenters. The largest absolute Gasteiger partial charge is 0.493 e. The van der Waals surface area contributed by atoms with E-state index in [9.17, 15) is 22.8 Å². The van der Waals surface area contributed by atoms with Gasteiger partial charge in [-0.3, -0.25) is 9.59 Å². The number of nitrogens with two attached hydrogens (primary N) is 2. The maximum absolute atomic E-state index is 13.5. The van der Waals surface area contributed by atoms with Gasteiger partial charge in [-0.05, 0) is 42.0 Å². The fourth-order valence-corrected chi connectivity index (χ4v) is 3.17. The zero-order chi connectivity index (χ0) is 24.1. The van der Waals surface area contributed by atoms with Gasteiger partial charge in [-0.2, -0.15) is 0 Å². The predicted molar refractivity (Wildman–Crippen MR) is 120 cm³/mol. The number of Topliss-reactive ketones (excluding diaryl/α,β-unsaturated/α-hetero) is 1. The first-order valence-electron chi connectivity index (χ1n) is 9.96. The van der Waals surface area contributed by atoms with Crippen LogP contribution in [0.3, 0.4) is 0 Å².